The van der Waals surface area contributed by atoms with Crippen LogP contribution in [0, 0.1) is 11.3 Å². The largest absolute Gasteiger partial charge is 0.439 e. The first-order valence-electron chi connectivity index (χ1n) is 5.99. The molecule has 2 aromatic carbocycles. The van der Waals surface area contributed by atoms with Gasteiger partial charge in [-0.2, -0.15) is 5.26 Å². The lowest BCUT2D eigenvalue weighted by atomic mass is 10.1. The van der Waals surface area contributed by atoms with E-state index in [1.165, 1.54) is 6.07 Å². The van der Waals surface area contributed by atoms with Crippen LogP contribution in [0.25, 0.3) is 10.8 Å². The fraction of sp³-hybridized carbons (Fsp3) is 0. The van der Waals surface area contributed by atoms with Gasteiger partial charge in [0.15, 0.2) is 0 Å². The van der Waals surface area contributed by atoms with Gasteiger partial charge in [-0.15, -0.1) is 0 Å². The molecule has 0 spiro atoms. The van der Waals surface area contributed by atoms with Gasteiger partial charge in [-0.1, -0.05) is 41.9 Å². The Balaban J connectivity index is 1.97. The first-order chi connectivity index (χ1) is 9.74. The van der Waals surface area contributed by atoms with Crippen LogP contribution in [-0.4, -0.2) is 4.98 Å². The summed E-state index contributed by atoms with van der Waals surface area (Å²) < 4.78 is 5.66. The number of hydrogen-bond donors (Lipinski definition) is 0. The molecule has 0 N–H and O–H groups in total. The second-order valence-corrected chi connectivity index (χ2v) is 4.63. The van der Waals surface area contributed by atoms with Gasteiger partial charge in [0, 0.05) is 6.07 Å². The molecule has 0 saturated carbocycles. The van der Waals surface area contributed by atoms with E-state index in [4.69, 9.17) is 21.6 Å². The van der Waals surface area contributed by atoms with E-state index in [-0.39, 0.29) is 5.15 Å². The first-order valence-corrected chi connectivity index (χ1v) is 6.37. The lowest BCUT2D eigenvalue weighted by Gasteiger charge is -2.06. The molecule has 0 bridgehead atoms. The lowest BCUT2D eigenvalue weighted by molar-refractivity contribution is 0.463. The molecule has 0 aliphatic rings. The fourth-order valence-corrected chi connectivity index (χ4v) is 2.14. The summed E-state index contributed by atoms with van der Waals surface area (Å²) in [5, 5.41) is 11.4. The Bertz CT molecular complexity index is 824. The Kier molecular flexibility index (Phi) is 3.24. The van der Waals surface area contributed by atoms with E-state index in [2.05, 4.69) is 4.98 Å². The third kappa shape index (κ3) is 2.56. The summed E-state index contributed by atoms with van der Waals surface area (Å²) in [6.07, 6.45) is 0. The van der Waals surface area contributed by atoms with Crippen molar-refractivity contribution < 1.29 is 4.74 Å². The minimum atomic E-state index is 0.236. The van der Waals surface area contributed by atoms with Crippen LogP contribution in [0.2, 0.25) is 5.15 Å². The molecule has 0 aliphatic carbocycles. The summed E-state index contributed by atoms with van der Waals surface area (Å²) in [6, 6.07) is 18.8. The normalized spacial score (nSPS) is 10.2. The monoisotopic (exact) mass is 280 g/mol. The zero-order chi connectivity index (χ0) is 13.9. The molecular formula is C16H9ClN2O. The highest BCUT2D eigenvalue weighted by molar-refractivity contribution is 6.29. The maximum absolute atomic E-state index is 8.90. The average Bonchev–Trinajstić information content (AvgIpc) is 2.46. The SMILES string of the molecule is N#Cc1cc(Cl)nc(Oc2ccc3ccccc3c2)c1. The van der Waals surface area contributed by atoms with Crippen molar-refractivity contribution in [1.29, 1.82) is 5.26 Å². The van der Waals surface area contributed by atoms with E-state index in [1.807, 2.05) is 48.5 Å². The smallest absolute Gasteiger partial charge is 0.221 e. The van der Waals surface area contributed by atoms with Crippen molar-refractivity contribution in [3.63, 3.8) is 0 Å². The van der Waals surface area contributed by atoms with Crippen molar-refractivity contribution >= 4 is 22.4 Å². The molecule has 0 aliphatic heterocycles. The van der Waals surface area contributed by atoms with Gasteiger partial charge in [-0.25, -0.2) is 4.98 Å². The number of hydrogen-bond acceptors (Lipinski definition) is 3. The highest BCUT2D eigenvalue weighted by Gasteiger charge is 2.04. The van der Waals surface area contributed by atoms with Crippen LogP contribution in [0.5, 0.6) is 11.6 Å². The Labute approximate surface area is 121 Å². The summed E-state index contributed by atoms with van der Waals surface area (Å²) in [7, 11) is 0. The Hall–Kier alpha value is -2.57. The molecule has 3 aromatic rings. The van der Waals surface area contributed by atoms with Gasteiger partial charge in [-0.05, 0) is 29.0 Å². The van der Waals surface area contributed by atoms with Crippen LogP contribution in [0.4, 0.5) is 0 Å². The molecule has 1 heterocycles. The molecule has 1 aromatic heterocycles. The summed E-state index contributed by atoms with van der Waals surface area (Å²) in [5.74, 6) is 0.965. The summed E-state index contributed by atoms with van der Waals surface area (Å²) in [5.41, 5.74) is 0.417. The van der Waals surface area contributed by atoms with Crippen molar-refractivity contribution in [2.75, 3.05) is 0 Å². The summed E-state index contributed by atoms with van der Waals surface area (Å²) in [6.45, 7) is 0. The predicted octanol–water partition coefficient (Wildman–Crippen LogP) is 4.55. The number of ether oxygens (including phenoxy) is 1. The molecule has 0 atom stereocenters. The van der Waals surface area contributed by atoms with Crippen LogP contribution in [0.3, 0.4) is 0 Å². The maximum atomic E-state index is 8.90. The number of halogens is 1. The minimum Gasteiger partial charge on any atom is -0.439 e. The molecule has 3 nitrogen and oxygen atoms in total. The molecule has 0 unspecified atom stereocenters. The molecule has 20 heavy (non-hydrogen) atoms. The number of rotatable bonds is 2. The molecule has 0 amide bonds. The molecule has 0 fully saturated rings. The second-order valence-electron chi connectivity index (χ2n) is 4.24. The number of benzene rings is 2. The molecular weight excluding hydrogens is 272 g/mol. The number of pyridine rings is 1. The van der Waals surface area contributed by atoms with E-state index >= 15 is 0 Å². The van der Waals surface area contributed by atoms with Gasteiger partial charge in [-0.3, -0.25) is 0 Å². The topological polar surface area (TPSA) is 45.9 Å². The van der Waals surface area contributed by atoms with Gasteiger partial charge in [0.05, 0.1) is 11.6 Å². The van der Waals surface area contributed by atoms with Crippen molar-refractivity contribution in [3.8, 4) is 17.7 Å². The van der Waals surface area contributed by atoms with E-state index < -0.39 is 0 Å². The van der Waals surface area contributed by atoms with Gasteiger partial charge in [0.1, 0.15) is 10.9 Å². The highest BCUT2D eigenvalue weighted by Crippen LogP contribution is 2.26. The van der Waals surface area contributed by atoms with Gasteiger partial charge in [0.25, 0.3) is 0 Å². The summed E-state index contributed by atoms with van der Waals surface area (Å²) in [4.78, 5) is 4.05. The molecule has 0 radical (unpaired) electrons. The Morgan fingerprint density at radius 3 is 2.60 bits per heavy atom. The van der Waals surface area contributed by atoms with E-state index in [0.717, 1.165) is 10.8 Å². The van der Waals surface area contributed by atoms with Crippen molar-refractivity contribution in [3.05, 3.63) is 65.3 Å². The second kappa shape index (κ2) is 5.20. The fourth-order valence-electron chi connectivity index (χ4n) is 1.94. The average molecular weight is 281 g/mol. The van der Waals surface area contributed by atoms with Crippen LogP contribution < -0.4 is 4.74 Å². The molecule has 0 saturated heterocycles. The van der Waals surface area contributed by atoms with Gasteiger partial charge >= 0.3 is 0 Å². The molecule has 4 heteroatoms. The zero-order valence-corrected chi connectivity index (χ0v) is 11.1. The van der Waals surface area contributed by atoms with Crippen LogP contribution >= 0.6 is 11.6 Å². The quantitative estimate of drug-likeness (QED) is 0.647. The third-order valence-corrected chi connectivity index (χ3v) is 3.04. The van der Waals surface area contributed by atoms with Crippen LogP contribution in [0.1, 0.15) is 5.56 Å². The third-order valence-electron chi connectivity index (χ3n) is 2.84. The van der Waals surface area contributed by atoms with E-state index in [1.54, 1.807) is 6.07 Å². The van der Waals surface area contributed by atoms with E-state index in [9.17, 15) is 0 Å². The van der Waals surface area contributed by atoms with Gasteiger partial charge < -0.3 is 4.74 Å². The number of nitrogens with zero attached hydrogens (tertiary/aromatic N) is 2. The maximum Gasteiger partial charge on any atom is 0.221 e. The van der Waals surface area contributed by atoms with Crippen molar-refractivity contribution in [2.45, 2.75) is 0 Å². The van der Waals surface area contributed by atoms with Crippen LogP contribution in [0.15, 0.2) is 54.6 Å². The minimum absolute atomic E-state index is 0.236. The zero-order valence-electron chi connectivity index (χ0n) is 10.4. The molecule has 96 valence electrons. The predicted molar refractivity (Wildman–Crippen MR) is 78.0 cm³/mol. The first kappa shape index (κ1) is 12.5. The van der Waals surface area contributed by atoms with Crippen molar-refractivity contribution in [2.24, 2.45) is 0 Å². The van der Waals surface area contributed by atoms with Crippen molar-refractivity contribution in [1.82, 2.24) is 4.98 Å². The molecule has 3 rings (SSSR count). The highest BCUT2D eigenvalue weighted by atomic mass is 35.5. The summed E-state index contributed by atoms with van der Waals surface area (Å²) >= 11 is 5.85. The number of fused-ring (bicyclic) bond motifs is 1. The number of aromatic nitrogens is 1. The Morgan fingerprint density at radius 2 is 1.80 bits per heavy atom. The van der Waals surface area contributed by atoms with Crippen LogP contribution in [-0.2, 0) is 0 Å². The van der Waals surface area contributed by atoms with Gasteiger partial charge in [0.2, 0.25) is 5.88 Å². The standard InChI is InChI=1S/C16H9ClN2O/c17-15-7-11(10-18)8-16(19-15)20-14-6-5-12-3-1-2-4-13(12)9-14/h1-9H. The lowest BCUT2D eigenvalue weighted by Crippen LogP contribution is -1.90. The number of nitriles is 1. The van der Waals surface area contributed by atoms with E-state index in [0.29, 0.717) is 17.2 Å². The Morgan fingerprint density at radius 1 is 1.00 bits per heavy atom.